The number of rotatable bonds is 9. The van der Waals surface area contributed by atoms with Crippen molar-refractivity contribution >= 4 is 17.5 Å². The Morgan fingerprint density at radius 2 is 1.91 bits per heavy atom. The second-order valence-corrected chi connectivity index (χ2v) is 8.03. The molecule has 1 aliphatic rings. The van der Waals surface area contributed by atoms with Crippen LogP contribution in [-0.4, -0.2) is 70.5 Å². The maximum Gasteiger partial charge on any atom is 0.269 e. The number of hydrogen-bond acceptors (Lipinski definition) is 8. The highest BCUT2D eigenvalue weighted by Gasteiger charge is 2.20. The Bertz CT molecular complexity index is 1130. The van der Waals surface area contributed by atoms with E-state index >= 15 is 0 Å². The van der Waals surface area contributed by atoms with Gasteiger partial charge in [-0.1, -0.05) is 0 Å². The lowest BCUT2D eigenvalue weighted by atomic mass is 10.2. The van der Waals surface area contributed by atoms with Crippen molar-refractivity contribution in [2.75, 3.05) is 39.2 Å². The minimum Gasteiger partial charge on any atom is -0.493 e. The van der Waals surface area contributed by atoms with E-state index < -0.39 is 0 Å². The third-order valence-corrected chi connectivity index (χ3v) is 5.53. The van der Waals surface area contributed by atoms with Crippen LogP contribution >= 0.6 is 0 Å². The first kappa shape index (κ1) is 22.5. The third kappa shape index (κ3) is 5.23. The van der Waals surface area contributed by atoms with Gasteiger partial charge in [-0.3, -0.25) is 9.48 Å². The first-order chi connectivity index (χ1) is 16.0. The number of aromatic nitrogens is 4. The van der Waals surface area contributed by atoms with Gasteiger partial charge < -0.3 is 25.0 Å². The quantitative estimate of drug-likeness (QED) is 0.511. The van der Waals surface area contributed by atoms with Gasteiger partial charge in [-0.25, -0.2) is 9.97 Å². The number of aryl methyl sites for hydroxylation is 1. The molecule has 0 bridgehead atoms. The average Bonchev–Trinajstić information content (AvgIpc) is 3.18. The van der Waals surface area contributed by atoms with E-state index in [1.54, 1.807) is 56.4 Å². The number of nitrogens with one attached hydrogen (secondary N) is 2. The Hall–Kier alpha value is -3.66. The molecule has 10 heteroatoms. The molecular weight excluding hydrogens is 422 g/mol. The highest BCUT2D eigenvalue weighted by molar-refractivity contribution is 5.93. The summed E-state index contributed by atoms with van der Waals surface area (Å²) >= 11 is 0. The minimum absolute atomic E-state index is 0.0625. The Morgan fingerprint density at radius 1 is 1.12 bits per heavy atom. The fourth-order valence-electron chi connectivity index (χ4n) is 3.70. The Kier molecular flexibility index (Phi) is 6.74. The zero-order valence-electron chi connectivity index (χ0n) is 19.3. The minimum atomic E-state index is -0.151. The first-order valence-corrected chi connectivity index (χ1v) is 10.9. The molecule has 1 atom stereocenters. The van der Waals surface area contributed by atoms with E-state index in [-0.39, 0.29) is 11.9 Å². The van der Waals surface area contributed by atoms with Gasteiger partial charge in [-0.2, -0.15) is 5.10 Å². The Labute approximate surface area is 192 Å². The molecule has 0 spiro atoms. The molecule has 1 unspecified atom stereocenters. The predicted molar refractivity (Wildman–Crippen MR) is 125 cm³/mol. The van der Waals surface area contributed by atoms with Gasteiger partial charge in [0.15, 0.2) is 11.5 Å². The van der Waals surface area contributed by atoms with Crippen LogP contribution in [0.2, 0.25) is 0 Å². The van der Waals surface area contributed by atoms with Crippen molar-refractivity contribution < 1.29 is 14.3 Å². The van der Waals surface area contributed by atoms with Crippen molar-refractivity contribution in [3.8, 4) is 22.9 Å². The van der Waals surface area contributed by atoms with Crippen LogP contribution in [0.15, 0.2) is 36.5 Å². The van der Waals surface area contributed by atoms with Crippen molar-refractivity contribution in [2.45, 2.75) is 19.4 Å². The topological polar surface area (TPSA) is 106 Å². The summed E-state index contributed by atoms with van der Waals surface area (Å²) in [5.74, 6) is 1.49. The van der Waals surface area contributed by atoms with E-state index in [0.717, 1.165) is 25.3 Å². The molecule has 3 heterocycles. The molecule has 0 saturated carbocycles. The smallest absolute Gasteiger partial charge is 0.269 e. The highest BCUT2D eigenvalue weighted by atomic mass is 16.5. The number of ether oxygens (including phenoxy) is 2. The van der Waals surface area contributed by atoms with Crippen LogP contribution in [0.25, 0.3) is 11.4 Å². The van der Waals surface area contributed by atoms with Crippen molar-refractivity contribution in [1.82, 2.24) is 30.0 Å². The molecule has 1 saturated heterocycles. The second-order valence-electron chi connectivity index (χ2n) is 8.03. The van der Waals surface area contributed by atoms with Crippen LogP contribution in [0.5, 0.6) is 11.5 Å². The maximum atomic E-state index is 12.8. The standard InChI is InChI=1S/C23H29N7O3/c1-15(14-30-10-5-11-30)25-22(31)19-13-18(28-29(19)2)17-8-9-24-23(27-17)26-16-6-7-20(32-3)21(12-16)33-4/h6-9,12-13,15H,5,10-11,14H2,1-4H3,(H,25,31)(H,24,26,27). The molecule has 1 fully saturated rings. The van der Waals surface area contributed by atoms with E-state index in [1.165, 1.54) is 6.42 Å². The van der Waals surface area contributed by atoms with Crippen molar-refractivity contribution in [1.29, 1.82) is 0 Å². The summed E-state index contributed by atoms with van der Waals surface area (Å²) in [5, 5.41) is 10.7. The normalized spacial score (nSPS) is 14.3. The number of likely N-dealkylation sites (tertiary alicyclic amines) is 1. The zero-order valence-corrected chi connectivity index (χ0v) is 19.3. The van der Waals surface area contributed by atoms with E-state index in [9.17, 15) is 4.79 Å². The lowest BCUT2D eigenvalue weighted by Gasteiger charge is -2.33. The molecule has 10 nitrogen and oxygen atoms in total. The molecule has 0 aliphatic carbocycles. The fraction of sp³-hybridized carbons (Fsp3) is 0.391. The molecule has 1 aromatic carbocycles. The Balaban J connectivity index is 1.47. The third-order valence-electron chi connectivity index (χ3n) is 5.53. The van der Waals surface area contributed by atoms with Crippen LogP contribution in [0.4, 0.5) is 11.6 Å². The zero-order chi connectivity index (χ0) is 23.4. The number of amides is 1. The number of hydrogen-bond donors (Lipinski definition) is 2. The molecule has 2 N–H and O–H groups in total. The van der Waals surface area contributed by atoms with Gasteiger partial charge >= 0.3 is 0 Å². The average molecular weight is 452 g/mol. The summed E-state index contributed by atoms with van der Waals surface area (Å²) in [7, 11) is 4.92. The number of carbonyl (C=O) groups excluding carboxylic acids is 1. The number of nitrogens with zero attached hydrogens (tertiary/aromatic N) is 5. The van der Waals surface area contributed by atoms with Crippen molar-refractivity contribution in [3.05, 3.63) is 42.2 Å². The maximum absolute atomic E-state index is 12.8. The molecule has 1 amide bonds. The van der Waals surface area contributed by atoms with E-state index in [2.05, 4.69) is 30.6 Å². The summed E-state index contributed by atoms with van der Waals surface area (Å²) in [4.78, 5) is 23.9. The van der Waals surface area contributed by atoms with Gasteiger partial charge in [0.05, 0.1) is 19.9 Å². The largest absolute Gasteiger partial charge is 0.493 e. The molecular formula is C23H29N7O3. The van der Waals surface area contributed by atoms with Crippen LogP contribution < -0.4 is 20.1 Å². The van der Waals surface area contributed by atoms with Gasteiger partial charge in [0.1, 0.15) is 11.4 Å². The van der Waals surface area contributed by atoms with Gasteiger partial charge in [0, 0.05) is 37.6 Å². The predicted octanol–water partition coefficient (Wildman–Crippen LogP) is 2.46. The van der Waals surface area contributed by atoms with E-state index in [0.29, 0.717) is 34.5 Å². The first-order valence-electron chi connectivity index (χ1n) is 10.9. The van der Waals surface area contributed by atoms with Gasteiger partial charge in [0.25, 0.3) is 5.91 Å². The lowest BCUT2D eigenvalue weighted by Crippen LogP contribution is -2.47. The van der Waals surface area contributed by atoms with E-state index in [4.69, 9.17) is 9.47 Å². The molecule has 174 valence electrons. The lowest BCUT2D eigenvalue weighted by molar-refractivity contribution is 0.0905. The number of methoxy groups -OCH3 is 2. The van der Waals surface area contributed by atoms with Crippen LogP contribution in [0.3, 0.4) is 0 Å². The molecule has 1 aliphatic heterocycles. The number of anilines is 2. The van der Waals surface area contributed by atoms with Gasteiger partial charge in [-0.05, 0) is 50.7 Å². The summed E-state index contributed by atoms with van der Waals surface area (Å²) in [6.07, 6.45) is 2.88. The highest BCUT2D eigenvalue weighted by Crippen LogP contribution is 2.30. The summed E-state index contributed by atoms with van der Waals surface area (Å²) < 4.78 is 12.2. The molecule has 33 heavy (non-hydrogen) atoms. The molecule has 4 rings (SSSR count). The molecule has 3 aromatic rings. The number of carbonyl (C=O) groups is 1. The van der Waals surface area contributed by atoms with Gasteiger partial charge in [-0.15, -0.1) is 0 Å². The molecule has 2 aromatic heterocycles. The summed E-state index contributed by atoms with van der Waals surface area (Å²) in [5.41, 5.74) is 2.43. The van der Waals surface area contributed by atoms with Crippen molar-refractivity contribution in [2.24, 2.45) is 7.05 Å². The SMILES string of the molecule is COc1ccc(Nc2nccc(-c3cc(C(=O)NC(C)CN4CCC4)n(C)n3)n2)cc1OC. The van der Waals surface area contributed by atoms with Crippen molar-refractivity contribution in [3.63, 3.8) is 0 Å². The van der Waals surface area contributed by atoms with Crippen LogP contribution in [0, 0.1) is 0 Å². The second kappa shape index (κ2) is 9.86. The van der Waals surface area contributed by atoms with Crippen LogP contribution in [0.1, 0.15) is 23.8 Å². The summed E-state index contributed by atoms with van der Waals surface area (Å²) in [6.45, 7) is 5.07. The number of benzene rings is 1. The monoisotopic (exact) mass is 451 g/mol. The fourth-order valence-corrected chi connectivity index (χ4v) is 3.70. The van der Waals surface area contributed by atoms with Gasteiger partial charge in [0.2, 0.25) is 5.95 Å². The van der Waals surface area contributed by atoms with E-state index in [1.807, 2.05) is 13.0 Å². The summed E-state index contributed by atoms with van der Waals surface area (Å²) in [6, 6.07) is 9.02. The Morgan fingerprint density at radius 3 is 2.61 bits per heavy atom. The van der Waals surface area contributed by atoms with Crippen LogP contribution in [-0.2, 0) is 7.05 Å². The molecule has 0 radical (unpaired) electrons.